The Morgan fingerprint density at radius 3 is 3.05 bits per heavy atom. The highest BCUT2D eigenvalue weighted by Gasteiger charge is 2.14. The normalized spacial score (nSPS) is 12.6. The lowest BCUT2D eigenvalue weighted by Crippen LogP contribution is -2.35. The fourth-order valence-corrected chi connectivity index (χ4v) is 1.96. The van der Waals surface area contributed by atoms with E-state index in [1.165, 1.54) is 0 Å². The third-order valence-electron chi connectivity index (χ3n) is 2.67. The average Bonchev–Trinajstić information content (AvgIpc) is 2.78. The summed E-state index contributed by atoms with van der Waals surface area (Å²) in [5.74, 6) is -0.251. The summed E-state index contributed by atoms with van der Waals surface area (Å²) in [4.78, 5) is 19.8. The van der Waals surface area contributed by atoms with Gasteiger partial charge in [0.15, 0.2) is 5.65 Å². The number of carbonyl (C=O) groups is 1. The van der Waals surface area contributed by atoms with Crippen molar-refractivity contribution in [3.63, 3.8) is 0 Å². The molecule has 0 spiro atoms. The lowest BCUT2D eigenvalue weighted by Gasteiger charge is -2.12. The van der Waals surface area contributed by atoms with Crippen molar-refractivity contribution in [2.24, 2.45) is 0 Å². The number of hydrogen-bond acceptors (Lipinski definition) is 5. The zero-order valence-corrected chi connectivity index (χ0v) is 12.3. The Hall–Kier alpha value is -1.47. The highest BCUT2D eigenvalue weighted by molar-refractivity contribution is 9.10. The topological polar surface area (TPSA) is 68.5 Å². The van der Waals surface area contributed by atoms with Gasteiger partial charge in [-0.2, -0.15) is 0 Å². The minimum absolute atomic E-state index is 0.251. The molecule has 0 aromatic carbocycles. The van der Waals surface area contributed by atoms with Gasteiger partial charge in [0.25, 0.3) is 0 Å². The zero-order chi connectivity index (χ0) is 13.8. The first-order valence-corrected chi connectivity index (χ1v) is 6.78. The molecule has 0 saturated heterocycles. The highest BCUT2D eigenvalue weighted by Crippen LogP contribution is 2.10. The first kappa shape index (κ1) is 14.0. The standard InChI is InChI=1S/C12H15BrN4O2/c1-3-19-12(18)8(2)14-4-9-5-16-11-6-15-10(13)7-17(9)11/h5-8,14H,3-4H2,1-2H3. The molecule has 0 bridgehead atoms. The maximum absolute atomic E-state index is 11.5. The largest absolute Gasteiger partial charge is 0.465 e. The van der Waals surface area contributed by atoms with E-state index in [1.807, 2.05) is 10.6 Å². The van der Waals surface area contributed by atoms with E-state index in [-0.39, 0.29) is 12.0 Å². The molecule has 1 atom stereocenters. The average molecular weight is 327 g/mol. The highest BCUT2D eigenvalue weighted by atomic mass is 79.9. The molecular weight excluding hydrogens is 312 g/mol. The van der Waals surface area contributed by atoms with E-state index in [2.05, 4.69) is 31.2 Å². The van der Waals surface area contributed by atoms with Crippen LogP contribution in [-0.2, 0) is 16.1 Å². The lowest BCUT2D eigenvalue weighted by molar-refractivity contribution is -0.145. The van der Waals surface area contributed by atoms with Crippen molar-refractivity contribution < 1.29 is 9.53 Å². The number of esters is 1. The van der Waals surface area contributed by atoms with E-state index in [1.54, 1.807) is 26.2 Å². The molecule has 0 aliphatic carbocycles. The van der Waals surface area contributed by atoms with Crippen LogP contribution >= 0.6 is 15.9 Å². The predicted molar refractivity (Wildman–Crippen MR) is 73.6 cm³/mol. The van der Waals surface area contributed by atoms with E-state index in [0.29, 0.717) is 13.2 Å². The second-order valence-corrected chi connectivity index (χ2v) is 4.85. The molecule has 0 saturated carbocycles. The first-order valence-electron chi connectivity index (χ1n) is 5.99. The molecule has 1 N–H and O–H groups in total. The van der Waals surface area contributed by atoms with Crippen molar-refractivity contribution in [1.29, 1.82) is 0 Å². The third-order valence-corrected chi connectivity index (χ3v) is 3.08. The van der Waals surface area contributed by atoms with Crippen molar-refractivity contribution in [1.82, 2.24) is 19.7 Å². The molecule has 7 heteroatoms. The molecule has 0 aliphatic rings. The summed E-state index contributed by atoms with van der Waals surface area (Å²) in [5, 5.41) is 3.11. The van der Waals surface area contributed by atoms with Gasteiger partial charge in [-0.15, -0.1) is 0 Å². The molecule has 2 heterocycles. The molecule has 2 aromatic rings. The zero-order valence-electron chi connectivity index (χ0n) is 10.8. The van der Waals surface area contributed by atoms with Crippen LogP contribution < -0.4 is 5.32 Å². The molecule has 0 aliphatic heterocycles. The van der Waals surface area contributed by atoms with Crippen molar-refractivity contribution in [3.05, 3.63) is 28.9 Å². The van der Waals surface area contributed by atoms with E-state index < -0.39 is 0 Å². The van der Waals surface area contributed by atoms with Gasteiger partial charge in [-0.25, -0.2) is 9.97 Å². The Balaban J connectivity index is 2.05. The number of fused-ring (bicyclic) bond motifs is 1. The maximum atomic E-state index is 11.5. The Morgan fingerprint density at radius 2 is 2.32 bits per heavy atom. The Labute approximate surface area is 119 Å². The minimum Gasteiger partial charge on any atom is -0.465 e. The van der Waals surface area contributed by atoms with Crippen molar-refractivity contribution in [2.75, 3.05) is 6.61 Å². The van der Waals surface area contributed by atoms with Crippen LogP contribution in [0.15, 0.2) is 23.2 Å². The summed E-state index contributed by atoms with van der Waals surface area (Å²) in [5.41, 5.74) is 1.72. The summed E-state index contributed by atoms with van der Waals surface area (Å²) >= 11 is 3.32. The summed E-state index contributed by atoms with van der Waals surface area (Å²) < 4.78 is 7.59. The number of hydrogen-bond donors (Lipinski definition) is 1. The van der Waals surface area contributed by atoms with E-state index in [4.69, 9.17) is 4.74 Å². The molecule has 1 unspecified atom stereocenters. The van der Waals surface area contributed by atoms with Gasteiger partial charge in [-0.1, -0.05) is 0 Å². The molecule has 19 heavy (non-hydrogen) atoms. The van der Waals surface area contributed by atoms with E-state index in [9.17, 15) is 4.79 Å². The second kappa shape index (κ2) is 6.12. The lowest BCUT2D eigenvalue weighted by atomic mass is 10.3. The smallest absolute Gasteiger partial charge is 0.322 e. The van der Waals surface area contributed by atoms with Gasteiger partial charge in [-0.05, 0) is 29.8 Å². The van der Waals surface area contributed by atoms with Crippen LogP contribution in [0.25, 0.3) is 5.65 Å². The van der Waals surface area contributed by atoms with Gasteiger partial charge >= 0.3 is 5.97 Å². The molecule has 2 aromatic heterocycles. The number of halogens is 1. The van der Waals surface area contributed by atoms with E-state index >= 15 is 0 Å². The van der Waals surface area contributed by atoms with Crippen LogP contribution in [0.2, 0.25) is 0 Å². The van der Waals surface area contributed by atoms with Crippen LogP contribution in [0.5, 0.6) is 0 Å². The SMILES string of the molecule is CCOC(=O)C(C)NCc1cnc2cnc(Br)cn12. The quantitative estimate of drug-likeness (QED) is 0.844. The van der Waals surface area contributed by atoms with Crippen LogP contribution in [0.1, 0.15) is 19.5 Å². The minimum atomic E-state index is -0.351. The fourth-order valence-electron chi connectivity index (χ4n) is 1.66. The molecule has 2 rings (SSSR count). The van der Waals surface area contributed by atoms with Crippen LogP contribution in [0.4, 0.5) is 0 Å². The summed E-state index contributed by atoms with van der Waals surface area (Å²) in [6, 6.07) is -0.351. The third kappa shape index (κ3) is 3.30. The van der Waals surface area contributed by atoms with Gasteiger partial charge < -0.3 is 4.74 Å². The van der Waals surface area contributed by atoms with Gasteiger partial charge in [0.05, 0.1) is 24.7 Å². The van der Waals surface area contributed by atoms with Gasteiger partial charge in [-0.3, -0.25) is 14.5 Å². The van der Waals surface area contributed by atoms with Gasteiger partial charge in [0.1, 0.15) is 10.6 Å². The van der Waals surface area contributed by atoms with E-state index in [0.717, 1.165) is 15.9 Å². The van der Waals surface area contributed by atoms with Crippen molar-refractivity contribution >= 4 is 27.5 Å². The molecule has 0 amide bonds. The molecule has 6 nitrogen and oxygen atoms in total. The van der Waals surface area contributed by atoms with Crippen LogP contribution in [0.3, 0.4) is 0 Å². The fraction of sp³-hybridized carbons (Fsp3) is 0.417. The molecule has 102 valence electrons. The van der Waals surface area contributed by atoms with Gasteiger partial charge in [0, 0.05) is 12.7 Å². The number of nitrogens with zero attached hydrogens (tertiary/aromatic N) is 3. The number of nitrogens with one attached hydrogen (secondary N) is 1. The number of carbonyl (C=O) groups excluding carboxylic acids is 1. The number of aromatic nitrogens is 3. The number of ether oxygens (including phenoxy) is 1. The Morgan fingerprint density at radius 1 is 1.53 bits per heavy atom. The first-order chi connectivity index (χ1) is 9.11. The van der Waals surface area contributed by atoms with Crippen molar-refractivity contribution in [2.45, 2.75) is 26.4 Å². The summed E-state index contributed by atoms with van der Waals surface area (Å²) in [6.07, 6.45) is 5.28. The molecule has 0 radical (unpaired) electrons. The maximum Gasteiger partial charge on any atom is 0.322 e. The van der Waals surface area contributed by atoms with Crippen LogP contribution in [0, 0.1) is 0 Å². The summed E-state index contributed by atoms with van der Waals surface area (Å²) in [7, 11) is 0. The Kier molecular flexibility index (Phi) is 4.49. The molecular formula is C12H15BrN4O2. The van der Waals surface area contributed by atoms with Gasteiger partial charge in [0.2, 0.25) is 0 Å². The number of imidazole rings is 1. The summed E-state index contributed by atoms with van der Waals surface area (Å²) in [6.45, 7) is 4.48. The number of rotatable bonds is 5. The Bertz CT molecular complexity index is 584. The molecule has 0 fully saturated rings. The van der Waals surface area contributed by atoms with Crippen molar-refractivity contribution in [3.8, 4) is 0 Å². The predicted octanol–water partition coefficient (Wildman–Crippen LogP) is 1.53. The van der Waals surface area contributed by atoms with Crippen LogP contribution in [-0.4, -0.2) is 33.0 Å². The monoisotopic (exact) mass is 326 g/mol. The second-order valence-electron chi connectivity index (χ2n) is 4.04.